The molecule has 7 nitrogen and oxygen atoms in total. The molecule has 1 unspecified atom stereocenters. The Morgan fingerprint density at radius 2 is 1.88 bits per heavy atom. The van der Waals surface area contributed by atoms with Gasteiger partial charge >= 0.3 is 0 Å². The van der Waals surface area contributed by atoms with Crippen molar-refractivity contribution in [1.82, 2.24) is 9.21 Å². The van der Waals surface area contributed by atoms with Crippen LogP contribution in [0.5, 0.6) is 11.5 Å². The van der Waals surface area contributed by atoms with Crippen LogP contribution in [0.25, 0.3) is 0 Å². The van der Waals surface area contributed by atoms with E-state index in [1.165, 1.54) is 4.31 Å². The summed E-state index contributed by atoms with van der Waals surface area (Å²) in [5, 5.41) is 0. The minimum absolute atomic E-state index is 0.106. The zero-order valence-corrected chi connectivity index (χ0v) is 19.4. The molecule has 170 valence electrons. The fourth-order valence-corrected chi connectivity index (χ4v) is 7.58. The molecule has 3 atom stereocenters. The number of carbonyl (C=O) groups excluding carboxylic acids is 1. The zero-order chi connectivity index (χ0) is 22.6. The van der Waals surface area contributed by atoms with Crippen molar-refractivity contribution in [3.05, 3.63) is 53.1 Å². The fourth-order valence-electron chi connectivity index (χ4n) is 5.64. The molecule has 2 bridgehead atoms. The number of piperidine rings is 1. The van der Waals surface area contributed by atoms with Gasteiger partial charge in [-0.3, -0.25) is 4.79 Å². The van der Waals surface area contributed by atoms with Gasteiger partial charge in [0.15, 0.2) is 0 Å². The molecule has 2 fully saturated rings. The number of rotatable bonds is 4. The fraction of sp³-hybridized carbons (Fsp3) is 0.458. The maximum Gasteiger partial charge on any atom is 0.244 e. The Bertz CT molecular complexity index is 1160. The number of fused-ring (bicyclic) bond motifs is 6. The molecule has 3 aliphatic heterocycles. The van der Waals surface area contributed by atoms with Gasteiger partial charge in [0.2, 0.25) is 15.9 Å². The largest absolute Gasteiger partial charge is 0.497 e. The number of carbonyl (C=O) groups is 1. The van der Waals surface area contributed by atoms with Crippen LogP contribution in [0.1, 0.15) is 42.0 Å². The zero-order valence-electron chi connectivity index (χ0n) is 18.6. The van der Waals surface area contributed by atoms with Crippen molar-refractivity contribution >= 4 is 15.9 Å². The normalized spacial score (nSPS) is 25.2. The van der Waals surface area contributed by atoms with E-state index in [-0.39, 0.29) is 22.9 Å². The molecule has 2 saturated heterocycles. The van der Waals surface area contributed by atoms with Crippen molar-refractivity contribution in [2.24, 2.45) is 0 Å². The van der Waals surface area contributed by atoms with Gasteiger partial charge in [-0.1, -0.05) is 12.1 Å². The number of ether oxygens (including phenoxy) is 2. The standard InChI is InChI=1S/C24H28N2O5S/c1-15-6-4-7-18(12-15)32(28,29)26-19-8-5-9-20(26)24(27)25-11-10-16-13-17(30-2)14-21(31-3)22(16)23(19)25/h4,6-7,12-14,19-20,23H,5,8-11H2,1-3H3/t19-,20?,23+/m1/s1. The maximum absolute atomic E-state index is 13.8. The lowest BCUT2D eigenvalue weighted by atomic mass is 9.79. The summed E-state index contributed by atoms with van der Waals surface area (Å²) in [6.07, 6.45) is 2.76. The Balaban J connectivity index is 1.67. The Morgan fingerprint density at radius 1 is 1.06 bits per heavy atom. The van der Waals surface area contributed by atoms with Gasteiger partial charge in [-0.2, -0.15) is 4.31 Å². The van der Waals surface area contributed by atoms with E-state index in [0.29, 0.717) is 37.3 Å². The van der Waals surface area contributed by atoms with E-state index in [2.05, 4.69) is 0 Å². The highest BCUT2D eigenvalue weighted by Gasteiger charge is 2.55. The first-order valence-corrected chi connectivity index (χ1v) is 12.5. The van der Waals surface area contributed by atoms with Crippen molar-refractivity contribution in [3.8, 4) is 11.5 Å². The summed E-state index contributed by atoms with van der Waals surface area (Å²) < 4.78 is 40.3. The van der Waals surface area contributed by atoms with E-state index in [0.717, 1.165) is 23.1 Å². The van der Waals surface area contributed by atoms with Crippen molar-refractivity contribution in [2.45, 2.75) is 55.6 Å². The van der Waals surface area contributed by atoms with Crippen LogP contribution in [-0.2, 0) is 21.2 Å². The van der Waals surface area contributed by atoms with Crippen LogP contribution in [0.4, 0.5) is 0 Å². The van der Waals surface area contributed by atoms with E-state index < -0.39 is 16.1 Å². The van der Waals surface area contributed by atoms with E-state index in [1.807, 2.05) is 30.0 Å². The Kier molecular flexibility index (Phi) is 5.17. The molecule has 32 heavy (non-hydrogen) atoms. The molecule has 3 heterocycles. The smallest absolute Gasteiger partial charge is 0.244 e. The van der Waals surface area contributed by atoms with Crippen LogP contribution in [-0.4, -0.2) is 56.4 Å². The number of methoxy groups -OCH3 is 2. The number of hydrogen-bond acceptors (Lipinski definition) is 5. The quantitative estimate of drug-likeness (QED) is 0.707. The molecule has 8 heteroatoms. The summed E-state index contributed by atoms with van der Waals surface area (Å²) in [7, 11) is -0.628. The molecule has 1 amide bonds. The van der Waals surface area contributed by atoms with Crippen molar-refractivity contribution in [2.75, 3.05) is 20.8 Å². The molecule has 0 N–H and O–H groups in total. The van der Waals surface area contributed by atoms with Crippen LogP contribution < -0.4 is 9.47 Å². The first kappa shape index (κ1) is 21.3. The summed E-state index contributed by atoms with van der Waals surface area (Å²) in [5.74, 6) is 1.23. The van der Waals surface area contributed by atoms with E-state index in [4.69, 9.17) is 9.47 Å². The van der Waals surface area contributed by atoms with Crippen LogP contribution in [0.15, 0.2) is 41.3 Å². The first-order valence-electron chi connectivity index (χ1n) is 11.0. The van der Waals surface area contributed by atoms with Gasteiger partial charge in [0.05, 0.1) is 31.2 Å². The highest BCUT2D eigenvalue weighted by atomic mass is 32.2. The van der Waals surface area contributed by atoms with Crippen LogP contribution in [0.3, 0.4) is 0 Å². The maximum atomic E-state index is 13.8. The van der Waals surface area contributed by atoms with Crippen LogP contribution >= 0.6 is 0 Å². The molecule has 0 aromatic heterocycles. The second kappa shape index (κ2) is 7.78. The predicted octanol–water partition coefficient (Wildman–Crippen LogP) is 3.06. The van der Waals surface area contributed by atoms with Crippen molar-refractivity contribution in [3.63, 3.8) is 0 Å². The third-order valence-electron chi connectivity index (χ3n) is 7.02. The summed E-state index contributed by atoms with van der Waals surface area (Å²) in [4.78, 5) is 15.7. The van der Waals surface area contributed by atoms with Crippen molar-refractivity contribution < 1.29 is 22.7 Å². The predicted molar refractivity (Wildman–Crippen MR) is 119 cm³/mol. The number of sulfonamides is 1. The monoisotopic (exact) mass is 456 g/mol. The number of aryl methyl sites for hydroxylation is 1. The Hall–Kier alpha value is -2.58. The lowest BCUT2D eigenvalue weighted by molar-refractivity contribution is -0.150. The molecule has 0 aliphatic carbocycles. The van der Waals surface area contributed by atoms with Gasteiger partial charge < -0.3 is 14.4 Å². The molecular weight excluding hydrogens is 428 g/mol. The first-order chi connectivity index (χ1) is 15.4. The van der Waals surface area contributed by atoms with Gasteiger partial charge in [0.25, 0.3) is 0 Å². The second-order valence-electron chi connectivity index (χ2n) is 8.79. The molecule has 3 aliphatic rings. The lowest BCUT2D eigenvalue weighted by Gasteiger charge is -2.54. The van der Waals surface area contributed by atoms with Gasteiger partial charge in [-0.05, 0) is 61.9 Å². The van der Waals surface area contributed by atoms with Crippen molar-refractivity contribution in [1.29, 1.82) is 0 Å². The van der Waals surface area contributed by atoms with E-state index >= 15 is 0 Å². The minimum atomic E-state index is -3.84. The molecule has 5 rings (SSSR count). The summed E-state index contributed by atoms with van der Waals surface area (Å²) >= 11 is 0. The average Bonchev–Trinajstić information content (AvgIpc) is 2.80. The third-order valence-corrected chi connectivity index (χ3v) is 8.95. The number of benzene rings is 2. The molecule has 2 aromatic rings. The third kappa shape index (κ3) is 3.11. The summed E-state index contributed by atoms with van der Waals surface area (Å²) in [5.41, 5.74) is 2.83. The van der Waals surface area contributed by atoms with Gasteiger partial charge in [-0.25, -0.2) is 8.42 Å². The number of amides is 1. The van der Waals surface area contributed by atoms with E-state index in [1.54, 1.807) is 32.4 Å². The molecule has 0 radical (unpaired) electrons. The van der Waals surface area contributed by atoms with Crippen LogP contribution in [0.2, 0.25) is 0 Å². The topological polar surface area (TPSA) is 76.2 Å². The van der Waals surface area contributed by atoms with Gasteiger partial charge in [-0.15, -0.1) is 0 Å². The van der Waals surface area contributed by atoms with Crippen LogP contribution in [0, 0.1) is 6.92 Å². The minimum Gasteiger partial charge on any atom is -0.497 e. The highest BCUT2D eigenvalue weighted by Crippen LogP contribution is 2.49. The second-order valence-corrected chi connectivity index (χ2v) is 10.6. The molecular formula is C24H28N2O5S. The molecule has 0 saturated carbocycles. The van der Waals surface area contributed by atoms with Gasteiger partial charge in [0.1, 0.15) is 17.5 Å². The molecule has 2 aromatic carbocycles. The number of nitrogens with zero attached hydrogens (tertiary/aromatic N) is 2. The number of piperazine rings is 1. The average molecular weight is 457 g/mol. The SMILES string of the molecule is COc1cc2c(c(OC)c1)[C@@H]1[C@H]3CCCC(C(=O)N1CC2)N3S(=O)(=O)c1cccc(C)c1. The highest BCUT2D eigenvalue weighted by molar-refractivity contribution is 7.89. The Morgan fingerprint density at radius 3 is 2.59 bits per heavy atom. The Labute approximate surface area is 189 Å². The summed E-state index contributed by atoms with van der Waals surface area (Å²) in [6, 6.07) is 9.37. The van der Waals surface area contributed by atoms with Gasteiger partial charge in [0, 0.05) is 18.2 Å². The summed E-state index contributed by atoms with van der Waals surface area (Å²) in [6.45, 7) is 2.44. The lowest BCUT2D eigenvalue weighted by Crippen LogP contribution is -2.67. The number of hydrogen-bond donors (Lipinski definition) is 0. The molecule has 0 spiro atoms. The van der Waals surface area contributed by atoms with E-state index in [9.17, 15) is 13.2 Å².